The Morgan fingerprint density at radius 3 is 2.83 bits per heavy atom. The van der Waals surface area contributed by atoms with Crippen molar-refractivity contribution in [2.45, 2.75) is 64.5 Å². The maximum absolute atomic E-state index is 12.9. The van der Waals surface area contributed by atoms with E-state index < -0.39 is 6.17 Å². The summed E-state index contributed by atoms with van der Waals surface area (Å²) in [5, 5.41) is 0.648. The highest BCUT2D eigenvalue weighted by Gasteiger charge is 2.20. The number of hydrogen-bond acceptors (Lipinski definition) is 4. The molecule has 1 aromatic rings. The number of nitrogens with zero attached hydrogens (tertiary/aromatic N) is 2. The molecule has 5 heteroatoms. The summed E-state index contributed by atoms with van der Waals surface area (Å²) in [6.07, 6.45) is 9.69. The van der Waals surface area contributed by atoms with Gasteiger partial charge >= 0.3 is 0 Å². The van der Waals surface area contributed by atoms with E-state index in [2.05, 4.69) is 9.88 Å². The molecule has 0 spiro atoms. The van der Waals surface area contributed by atoms with Gasteiger partial charge in [0.1, 0.15) is 12.8 Å². The molecule has 0 aromatic carbocycles. The van der Waals surface area contributed by atoms with Crippen LogP contribution in [0.3, 0.4) is 0 Å². The Morgan fingerprint density at radius 2 is 2.04 bits per heavy atom. The Morgan fingerprint density at radius 1 is 1.26 bits per heavy atom. The summed E-state index contributed by atoms with van der Waals surface area (Å²) in [5.74, 6) is 0.960. The van der Waals surface area contributed by atoms with E-state index >= 15 is 0 Å². The molecule has 1 aromatic heterocycles. The molecule has 1 aliphatic carbocycles. The molecule has 0 N–H and O–H groups in total. The third kappa shape index (κ3) is 5.15. The van der Waals surface area contributed by atoms with Crippen molar-refractivity contribution < 1.29 is 9.13 Å². The standard InChI is InChI=1S/C18H29FN2OS/c1-14(19)13-22-18-20-16-8-11-21(12-9-17(16)23-18)10-7-15-5-3-2-4-6-15/h14-15H,2-13H2,1H3. The van der Waals surface area contributed by atoms with Gasteiger partial charge in [-0.1, -0.05) is 43.4 Å². The molecule has 2 heterocycles. The van der Waals surface area contributed by atoms with Gasteiger partial charge in [-0.25, -0.2) is 9.37 Å². The first kappa shape index (κ1) is 17.2. The van der Waals surface area contributed by atoms with Crippen LogP contribution in [0.5, 0.6) is 5.19 Å². The minimum absolute atomic E-state index is 0.111. The second-order valence-electron chi connectivity index (χ2n) is 7.08. The average Bonchev–Trinajstić information content (AvgIpc) is 2.86. The summed E-state index contributed by atoms with van der Waals surface area (Å²) in [6, 6.07) is 0. The minimum atomic E-state index is -0.936. The molecular weight excluding hydrogens is 311 g/mol. The Bertz CT molecular complexity index is 460. The first-order chi connectivity index (χ1) is 11.2. The van der Waals surface area contributed by atoms with E-state index in [1.54, 1.807) is 11.3 Å². The van der Waals surface area contributed by atoms with Gasteiger partial charge < -0.3 is 9.64 Å². The summed E-state index contributed by atoms with van der Waals surface area (Å²) >= 11 is 1.61. The highest BCUT2D eigenvalue weighted by molar-refractivity contribution is 7.13. The van der Waals surface area contributed by atoms with E-state index in [4.69, 9.17) is 4.74 Å². The van der Waals surface area contributed by atoms with Crippen molar-refractivity contribution in [3.63, 3.8) is 0 Å². The Labute approximate surface area is 143 Å². The topological polar surface area (TPSA) is 25.4 Å². The molecule has 1 unspecified atom stereocenters. The Kier molecular flexibility index (Phi) is 6.29. The lowest BCUT2D eigenvalue weighted by atomic mass is 9.87. The molecule has 130 valence electrons. The van der Waals surface area contributed by atoms with Gasteiger partial charge in [0, 0.05) is 24.4 Å². The minimum Gasteiger partial charge on any atom is -0.467 e. The first-order valence-corrected chi connectivity index (χ1v) is 10.00. The Balaban J connectivity index is 1.45. The van der Waals surface area contributed by atoms with Crippen molar-refractivity contribution in [1.82, 2.24) is 9.88 Å². The van der Waals surface area contributed by atoms with E-state index in [0.717, 1.165) is 31.8 Å². The lowest BCUT2D eigenvalue weighted by Gasteiger charge is -2.26. The molecule has 1 fully saturated rings. The molecule has 0 amide bonds. The van der Waals surface area contributed by atoms with Crippen molar-refractivity contribution >= 4 is 11.3 Å². The van der Waals surface area contributed by atoms with Gasteiger partial charge in [0.25, 0.3) is 5.19 Å². The van der Waals surface area contributed by atoms with Crippen LogP contribution in [0.1, 0.15) is 56.0 Å². The van der Waals surface area contributed by atoms with E-state index in [9.17, 15) is 4.39 Å². The highest BCUT2D eigenvalue weighted by atomic mass is 32.1. The fraction of sp³-hybridized carbons (Fsp3) is 0.833. The lowest BCUT2D eigenvalue weighted by Crippen LogP contribution is -2.29. The van der Waals surface area contributed by atoms with Crippen LogP contribution in [0.2, 0.25) is 0 Å². The zero-order chi connectivity index (χ0) is 16.1. The van der Waals surface area contributed by atoms with Crippen LogP contribution in [-0.4, -0.2) is 42.3 Å². The quantitative estimate of drug-likeness (QED) is 0.774. The molecular formula is C18H29FN2OS. The van der Waals surface area contributed by atoms with Gasteiger partial charge in [0.2, 0.25) is 0 Å². The van der Waals surface area contributed by atoms with Gasteiger partial charge in [0.15, 0.2) is 0 Å². The van der Waals surface area contributed by atoms with Gasteiger partial charge in [0.05, 0.1) is 5.69 Å². The van der Waals surface area contributed by atoms with Crippen LogP contribution < -0.4 is 4.74 Å². The van der Waals surface area contributed by atoms with Gasteiger partial charge in [-0.05, 0) is 32.2 Å². The molecule has 23 heavy (non-hydrogen) atoms. The second kappa shape index (κ2) is 8.43. The summed E-state index contributed by atoms with van der Waals surface area (Å²) in [7, 11) is 0. The molecule has 2 aliphatic rings. The van der Waals surface area contributed by atoms with Crippen LogP contribution in [-0.2, 0) is 12.8 Å². The van der Waals surface area contributed by atoms with Crippen molar-refractivity contribution in [2.75, 3.05) is 26.2 Å². The number of alkyl halides is 1. The van der Waals surface area contributed by atoms with E-state index in [-0.39, 0.29) is 6.61 Å². The zero-order valence-corrected chi connectivity index (χ0v) is 15.0. The van der Waals surface area contributed by atoms with E-state index in [0.29, 0.717) is 5.19 Å². The molecule has 1 aliphatic heterocycles. The number of hydrogen-bond donors (Lipinski definition) is 0. The Hall–Kier alpha value is -0.680. The average molecular weight is 341 g/mol. The van der Waals surface area contributed by atoms with Crippen LogP contribution in [0.4, 0.5) is 4.39 Å². The lowest BCUT2D eigenvalue weighted by molar-refractivity contribution is 0.208. The largest absolute Gasteiger partial charge is 0.467 e. The smallest absolute Gasteiger partial charge is 0.273 e. The van der Waals surface area contributed by atoms with Crippen LogP contribution >= 0.6 is 11.3 Å². The third-order valence-electron chi connectivity index (χ3n) is 5.09. The van der Waals surface area contributed by atoms with Crippen molar-refractivity contribution in [1.29, 1.82) is 0 Å². The number of thiazole rings is 1. The van der Waals surface area contributed by atoms with Crippen LogP contribution in [0.15, 0.2) is 0 Å². The summed E-state index contributed by atoms with van der Waals surface area (Å²) in [5.41, 5.74) is 1.18. The summed E-state index contributed by atoms with van der Waals surface area (Å²) in [4.78, 5) is 8.51. The van der Waals surface area contributed by atoms with Crippen molar-refractivity contribution in [2.24, 2.45) is 5.92 Å². The number of aromatic nitrogens is 1. The number of rotatable bonds is 6. The number of halogens is 1. The highest BCUT2D eigenvalue weighted by Crippen LogP contribution is 2.29. The maximum Gasteiger partial charge on any atom is 0.273 e. The van der Waals surface area contributed by atoms with Gasteiger partial charge in [-0.15, -0.1) is 0 Å². The summed E-state index contributed by atoms with van der Waals surface area (Å²) in [6.45, 7) is 5.09. The van der Waals surface area contributed by atoms with Crippen molar-refractivity contribution in [3.05, 3.63) is 10.6 Å². The normalized spacial score (nSPS) is 21.7. The maximum atomic E-state index is 12.9. The fourth-order valence-corrected chi connectivity index (χ4v) is 4.65. The van der Waals surface area contributed by atoms with Crippen molar-refractivity contribution in [3.8, 4) is 5.19 Å². The first-order valence-electron chi connectivity index (χ1n) is 9.18. The zero-order valence-electron chi connectivity index (χ0n) is 14.2. The van der Waals surface area contributed by atoms with Gasteiger partial charge in [-0.2, -0.15) is 0 Å². The predicted octanol–water partition coefficient (Wildman–Crippen LogP) is 4.25. The SMILES string of the molecule is CC(F)COc1nc2c(s1)CCN(CCC1CCCCC1)CC2. The monoisotopic (exact) mass is 340 g/mol. The molecule has 1 atom stereocenters. The molecule has 0 bridgehead atoms. The molecule has 0 saturated heterocycles. The number of fused-ring (bicyclic) bond motifs is 1. The van der Waals surface area contributed by atoms with E-state index in [1.807, 2.05) is 0 Å². The second-order valence-corrected chi connectivity index (χ2v) is 8.12. The predicted molar refractivity (Wildman–Crippen MR) is 93.2 cm³/mol. The van der Waals surface area contributed by atoms with Crippen LogP contribution in [0, 0.1) is 5.92 Å². The molecule has 0 radical (unpaired) electrons. The number of ether oxygens (including phenoxy) is 1. The molecule has 3 rings (SSSR count). The third-order valence-corrected chi connectivity index (χ3v) is 6.16. The van der Waals surface area contributed by atoms with E-state index in [1.165, 1.54) is 62.6 Å². The van der Waals surface area contributed by atoms with Gasteiger partial charge in [-0.3, -0.25) is 0 Å². The molecule has 3 nitrogen and oxygen atoms in total. The van der Waals surface area contributed by atoms with Crippen LogP contribution in [0.25, 0.3) is 0 Å². The summed E-state index contributed by atoms with van der Waals surface area (Å²) < 4.78 is 18.3. The fourth-order valence-electron chi connectivity index (χ4n) is 3.70. The molecule has 1 saturated carbocycles.